The van der Waals surface area contributed by atoms with Gasteiger partial charge in [0.15, 0.2) is 0 Å². The highest BCUT2D eigenvalue weighted by atomic mass is 14.6. The smallest absolute Gasteiger partial charge is 0.0701 e. The highest BCUT2D eigenvalue weighted by Crippen LogP contribution is 1.70. The van der Waals surface area contributed by atoms with Crippen LogP contribution in [-0.4, -0.2) is 4.98 Å². The van der Waals surface area contributed by atoms with E-state index in [9.17, 15) is 0 Å². The first kappa shape index (κ1) is 12.4. The Morgan fingerprint density at radius 2 is 1.79 bits per heavy atom. The van der Waals surface area contributed by atoms with Crippen LogP contribution in [0.25, 0.3) is 12.2 Å². The Morgan fingerprint density at radius 3 is 2.36 bits per heavy atom. The van der Waals surface area contributed by atoms with Crippen molar-refractivity contribution in [1.82, 2.24) is 4.98 Å². The number of pyridine rings is 1. The van der Waals surface area contributed by atoms with Gasteiger partial charge in [-0.25, -0.2) is 0 Å². The maximum Gasteiger partial charge on any atom is 0.0701 e. The second kappa shape index (κ2) is 7.99. The third-order valence-corrected chi connectivity index (χ3v) is 1.44. The van der Waals surface area contributed by atoms with E-state index in [0.717, 1.165) is 10.6 Å². The molecular formula is C13H17N. The van der Waals surface area contributed by atoms with Crippen molar-refractivity contribution in [3.05, 3.63) is 54.2 Å². The molecule has 0 unspecified atom stereocenters. The summed E-state index contributed by atoms with van der Waals surface area (Å²) in [5.74, 6) is 0. The molecule has 0 N–H and O–H groups in total. The highest BCUT2D eigenvalue weighted by molar-refractivity contribution is 5.39. The van der Waals surface area contributed by atoms with Crippen molar-refractivity contribution in [3.63, 3.8) is 0 Å². The average Bonchev–Trinajstić information content (AvgIpc) is 2.25. The Morgan fingerprint density at radius 1 is 1.14 bits per heavy atom. The molecular weight excluding hydrogens is 170 g/mol. The van der Waals surface area contributed by atoms with E-state index in [4.69, 9.17) is 0 Å². The molecule has 0 bridgehead atoms. The Kier molecular flexibility index (Phi) is 7.06. The first-order valence-corrected chi connectivity index (χ1v) is 4.75. The normalized spacial score (nSPS) is 11.6. The Balaban J connectivity index is 0.000000791. The molecule has 0 atom stereocenters. The molecule has 0 fully saturated rings. The second-order valence-electron chi connectivity index (χ2n) is 2.28. The van der Waals surface area contributed by atoms with Gasteiger partial charge in [0.1, 0.15) is 0 Å². The zero-order valence-electron chi connectivity index (χ0n) is 8.90. The van der Waals surface area contributed by atoms with E-state index in [-0.39, 0.29) is 0 Å². The standard InChI is InChI=1S/C11H11N.C2H6/c1-3-6-10-8-5-9-12-11(10)7-4-2;1-2/h3-9H,1-2H2;1-2H3/b10-6-,11-7+;. The third-order valence-electron chi connectivity index (χ3n) is 1.44. The second-order valence-corrected chi connectivity index (χ2v) is 2.28. The van der Waals surface area contributed by atoms with E-state index in [0.29, 0.717) is 0 Å². The van der Waals surface area contributed by atoms with Crippen molar-refractivity contribution in [1.29, 1.82) is 0 Å². The van der Waals surface area contributed by atoms with Crippen LogP contribution < -0.4 is 10.6 Å². The molecule has 0 aromatic carbocycles. The Hall–Kier alpha value is -1.63. The number of nitrogens with zero attached hydrogens (tertiary/aromatic N) is 1. The number of rotatable bonds is 2. The van der Waals surface area contributed by atoms with Crippen LogP contribution in [0.15, 0.2) is 43.6 Å². The van der Waals surface area contributed by atoms with Gasteiger partial charge in [-0.3, -0.25) is 4.98 Å². The molecule has 1 heteroatoms. The molecule has 1 nitrogen and oxygen atoms in total. The van der Waals surface area contributed by atoms with E-state index >= 15 is 0 Å². The minimum absolute atomic E-state index is 0.924. The van der Waals surface area contributed by atoms with E-state index in [1.165, 1.54) is 0 Å². The van der Waals surface area contributed by atoms with Crippen molar-refractivity contribution in [2.45, 2.75) is 13.8 Å². The monoisotopic (exact) mass is 187 g/mol. The molecule has 0 amide bonds. The van der Waals surface area contributed by atoms with Gasteiger partial charge in [-0.15, -0.1) is 0 Å². The van der Waals surface area contributed by atoms with Gasteiger partial charge in [0.2, 0.25) is 0 Å². The first-order valence-electron chi connectivity index (χ1n) is 4.75. The van der Waals surface area contributed by atoms with Gasteiger partial charge < -0.3 is 0 Å². The molecule has 0 aliphatic rings. The molecule has 0 saturated carbocycles. The molecule has 0 spiro atoms. The molecule has 1 aromatic rings. The lowest BCUT2D eigenvalue weighted by molar-refractivity contribution is 1.22. The molecule has 0 radical (unpaired) electrons. The number of hydrogen-bond donors (Lipinski definition) is 0. The van der Waals surface area contributed by atoms with Gasteiger partial charge in [0, 0.05) is 11.4 Å². The van der Waals surface area contributed by atoms with Crippen molar-refractivity contribution in [3.8, 4) is 0 Å². The van der Waals surface area contributed by atoms with Crippen LogP contribution >= 0.6 is 0 Å². The van der Waals surface area contributed by atoms with Crippen molar-refractivity contribution in [2.24, 2.45) is 0 Å². The van der Waals surface area contributed by atoms with Gasteiger partial charge in [0.25, 0.3) is 0 Å². The predicted molar refractivity (Wildman–Crippen MR) is 64.2 cm³/mol. The van der Waals surface area contributed by atoms with Crippen LogP contribution in [0.1, 0.15) is 13.8 Å². The van der Waals surface area contributed by atoms with Crippen molar-refractivity contribution in [2.75, 3.05) is 0 Å². The summed E-state index contributed by atoms with van der Waals surface area (Å²) >= 11 is 0. The molecule has 0 saturated heterocycles. The third kappa shape index (κ3) is 3.85. The van der Waals surface area contributed by atoms with E-state index in [1.54, 1.807) is 18.3 Å². The van der Waals surface area contributed by atoms with Crippen LogP contribution in [0.4, 0.5) is 0 Å². The zero-order chi connectivity index (χ0) is 10.8. The molecule has 1 rings (SSSR count). The fourth-order valence-electron chi connectivity index (χ4n) is 0.949. The zero-order valence-corrected chi connectivity index (χ0v) is 8.90. The maximum atomic E-state index is 4.18. The average molecular weight is 187 g/mol. The van der Waals surface area contributed by atoms with Gasteiger partial charge in [0.05, 0.1) is 5.35 Å². The van der Waals surface area contributed by atoms with E-state index < -0.39 is 0 Å². The lowest BCUT2D eigenvalue weighted by Crippen LogP contribution is -2.26. The first-order chi connectivity index (χ1) is 6.88. The maximum absolute atomic E-state index is 4.18. The van der Waals surface area contributed by atoms with Gasteiger partial charge in [-0.2, -0.15) is 0 Å². The fourth-order valence-corrected chi connectivity index (χ4v) is 0.949. The quantitative estimate of drug-likeness (QED) is 0.690. The summed E-state index contributed by atoms with van der Waals surface area (Å²) in [5.41, 5.74) is 0. The van der Waals surface area contributed by atoms with E-state index in [1.807, 2.05) is 38.1 Å². The minimum Gasteiger partial charge on any atom is -0.256 e. The summed E-state index contributed by atoms with van der Waals surface area (Å²) in [4.78, 5) is 4.18. The van der Waals surface area contributed by atoms with Crippen molar-refractivity contribution < 1.29 is 0 Å². The number of allylic oxidation sites excluding steroid dienone is 2. The summed E-state index contributed by atoms with van der Waals surface area (Å²) in [5, 5.41) is 1.99. The molecule has 0 aliphatic carbocycles. The topological polar surface area (TPSA) is 12.9 Å². The summed E-state index contributed by atoms with van der Waals surface area (Å²) in [6, 6.07) is 3.89. The van der Waals surface area contributed by atoms with Crippen LogP contribution in [0, 0.1) is 0 Å². The van der Waals surface area contributed by atoms with E-state index in [2.05, 4.69) is 18.1 Å². The summed E-state index contributed by atoms with van der Waals surface area (Å²) < 4.78 is 0. The fraction of sp³-hybridized carbons (Fsp3) is 0.154. The van der Waals surface area contributed by atoms with Crippen LogP contribution in [0.3, 0.4) is 0 Å². The molecule has 14 heavy (non-hydrogen) atoms. The molecule has 1 aromatic heterocycles. The van der Waals surface area contributed by atoms with Crippen LogP contribution in [-0.2, 0) is 0 Å². The molecule has 74 valence electrons. The summed E-state index contributed by atoms with van der Waals surface area (Å²) in [7, 11) is 0. The number of aromatic nitrogens is 1. The van der Waals surface area contributed by atoms with Crippen molar-refractivity contribution >= 4 is 12.2 Å². The largest absolute Gasteiger partial charge is 0.256 e. The minimum atomic E-state index is 0.924. The highest BCUT2D eigenvalue weighted by Gasteiger charge is 1.80. The SMILES string of the molecule is C=C/C=c1/cccn/c1=C/C=C.CC. The predicted octanol–water partition coefficient (Wildman–Crippen LogP) is 2.04. The summed E-state index contributed by atoms with van der Waals surface area (Å²) in [6.45, 7) is 11.3. The van der Waals surface area contributed by atoms with Crippen LogP contribution in [0.2, 0.25) is 0 Å². The van der Waals surface area contributed by atoms with Gasteiger partial charge in [-0.1, -0.05) is 51.3 Å². The number of hydrogen-bond acceptors (Lipinski definition) is 1. The Bertz CT molecular complexity index is 349. The lowest BCUT2D eigenvalue weighted by atomic mass is 10.3. The van der Waals surface area contributed by atoms with Crippen LogP contribution in [0.5, 0.6) is 0 Å². The molecule has 0 aliphatic heterocycles. The summed E-state index contributed by atoms with van der Waals surface area (Å²) in [6.07, 6.45) is 9.02. The van der Waals surface area contributed by atoms with Gasteiger partial charge in [-0.05, 0) is 12.1 Å². The lowest BCUT2D eigenvalue weighted by Gasteiger charge is -1.85. The molecule has 1 heterocycles. The Labute approximate surface area is 85.8 Å². The van der Waals surface area contributed by atoms with Gasteiger partial charge >= 0.3 is 0 Å².